The molecule has 0 radical (unpaired) electrons. The molecular weight excluding hydrogens is 1390 g/mol. The Balaban J connectivity index is 0.000000169. The van der Waals surface area contributed by atoms with Crippen LogP contribution in [0.2, 0.25) is 0 Å². The van der Waals surface area contributed by atoms with Crippen molar-refractivity contribution < 1.29 is 39.6 Å². The minimum absolute atomic E-state index is 0.0461. The molecule has 0 aliphatic carbocycles. The van der Waals surface area contributed by atoms with Gasteiger partial charge in [0.25, 0.3) is 0 Å². The Morgan fingerprint density at radius 1 is 0.343 bits per heavy atom. The number of hydrogen-bond donors (Lipinski definition) is 9. The van der Waals surface area contributed by atoms with E-state index in [-0.39, 0.29) is 32.8 Å². The molecule has 27 heteroatoms. The highest BCUT2D eigenvalue weighted by molar-refractivity contribution is 7.89. The summed E-state index contributed by atoms with van der Waals surface area (Å²) in [4.78, 5) is 36.7. The number of aromatic nitrogens is 6. The molecule has 6 amide bonds. The fraction of sp³-hybridized carbons (Fsp3) is 0.154. The number of amides is 6. The van der Waals surface area contributed by atoms with Gasteiger partial charge in [-0.15, -0.1) is 0 Å². The third-order valence-electron chi connectivity index (χ3n) is 16.4. The van der Waals surface area contributed by atoms with Crippen LogP contribution in [0.15, 0.2) is 269 Å². The van der Waals surface area contributed by atoms with Gasteiger partial charge in [-0.05, 0) is 191 Å². The van der Waals surface area contributed by atoms with Crippen molar-refractivity contribution in [1.82, 2.24) is 45.3 Å². The monoisotopic (exact) mass is 1470 g/mol. The summed E-state index contributed by atoms with van der Waals surface area (Å²) in [5, 5.41) is 47.1. The quantitative estimate of drug-likeness (QED) is 0.0255. The van der Waals surface area contributed by atoms with Gasteiger partial charge in [0.05, 0.1) is 65.9 Å². The molecule has 0 unspecified atom stereocenters. The topological polar surface area (TPSA) is 357 Å². The highest BCUT2D eigenvalue weighted by atomic mass is 32.2. The number of primary sulfonamides is 3. The van der Waals surface area contributed by atoms with Gasteiger partial charge in [0, 0.05) is 53.4 Å². The number of sulfonamides is 3. The minimum Gasteiger partial charge on any atom is -0.338 e. The molecule has 0 spiro atoms. The average molecular weight is 1470 g/mol. The zero-order valence-electron chi connectivity index (χ0n) is 57.9. The van der Waals surface area contributed by atoms with Gasteiger partial charge < -0.3 is 31.9 Å². The number of nitrogens with zero attached hydrogens (tertiary/aromatic N) is 6. The number of para-hydroxylation sites is 2. The number of urea groups is 3. The SMILES string of the molecule is Cc1cccc(C)c1NC(=O)NCCCc1cc(-c2ccccc2)n(-c2ccc(S(N)(=O)=O)cc2)n1.Cc1cccc(NC(=O)NCCCc2cc(-c3ccccc3)n(-c3ccc(S(N)(=O)=O)cc3)n2)c1.NS(=O)(=O)c1ccc(-n2nc(CCCNC(=O)Nc3ccccc3)cc2-c2ccccc2)cc1. The van der Waals surface area contributed by atoms with Gasteiger partial charge in [0.1, 0.15) is 0 Å². The zero-order chi connectivity index (χ0) is 74.5. The fourth-order valence-corrected chi connectivity index (χ4v) is 12.7. The molecule has 9 aromatic carbocycles. The van der Waals surface area contributed by atoms with E-state index in [0.29, 0.717) is 58.2 Å². The standard InChI is InChI=1S/C27H29N5O3S.C26H27N5O3S.C25H25N5O3S/c1-19-8-6-9-20(2)26(19)30-27(33)29-17-7-12-22-18-25(21-10-4-3-5-11-21)32(31-22)23-13-15-24(16-14-23)36(28,34)35;1-19-7-5-10-21(17-19)29-26(32)28-16-6-11-22-18-25(20-8-3-2-4-9-20)31(30-22)23-12-14-24(15-13-23)35(27,33)34;26-34(32,33)23-15-13-22(14-16-23)30-24(19-8-3-1-4-9-19)18-21(29-30)12-7-17-27-25(31)28-20-10-5-2-6-11-20/h3-6,8-11,13-16,18H,7,12,17H2,1-2H3,(H2,28,34,35)(H2,29,30,33);2-5,7-10,12-15,17-18H,6,11,16H2,1H3,(H2,27,33,34)(H2,28,29,32);1-6,8-11,13-16,18H,7,12,17H2,(H2,26,32,33)(H2,27,28,31). The van der Waals surface area contributed by atoms with E-state index in [4.69, 9.17) is 30.7 Å². The van der Waals surface area contributed by atoms with E-state index in [9.17, 15) is 39.6 Å². The first kappa shape index (κ1) is 75.8. The van der Waals surface area contributed by atoms with Gasteiger partial charge in [-0.3, -0.25) is 0 Å². The zero-order valence-corrected chi connectivity index (χ0v) is 60.4. The maximum Gasteiger partial charge on any atom is 0.319 e. The first-order valence-electron chi connectivity index (χ1n) is 33.6. The number of benzene rings is 9. The molecule has 12 N–H and O–H groups in total. The maximum atomic E-state index is 12.4. The predicted octanol–water partition coefficient (Wildman–Crippen LogP) is 12.7. The normalized spacial score (nSPS) is 11.3. The molecule has 12 rings (SSSR count). The Hall–Kier alpha value is -11.9. The maximum absolute atomic E-state index is 12.4. The summed E-state index contributed by atoms with van der Waals surface area (Å²) in [6.45, 7) is 7.38. The van der Waals surface area contributed by atoms with Crippen LogP contribution < -0.4 is 47.3 Å². The van der Waals surface area contributed by atoms with Crippen LogP contribution in [0.3, 0.4) is 0 Å². The summed E-state index contributed by atoms with van der Waals surface area (Å²) < 4.78 is 75.0. The number of hydrogen-bond acceptors (Lipinski definition) is 12. The first-order chi connectivity index (χ1) is 50.4. The van der Waals surface area contributed by atoms with Crippen LogP contribution in [0, 0.1) is 20.8 Å². The number of carbonyl (C=O) groups excluding carboxylic acids is 3. The molecule has 0 saturated carbocycles. The molecule has 0 aliphatic heterocycles. The Bertz CT molecular complexity index is 5260. The van der Waals surface area contributed by atoms with Crippen LogP contribution in [0.25, 0.3) is 50.8 Å². The van der Waals surface area contributed by atoms with E-state index in [1.807, 2.05) is 203 Å². The predicted molar refractivity (Wildman–Crippen MR) is 411 cm³/mol. The minimum atomic E-state index is -3.78. The molecule has 0 atom stereocenters. The number of nitrogens with one attached hydrogen (secondary N) is 6. The molecule has 540 valence electrons. The van der Waals surface area contributed by atoms with Crippen LogP contribution in [0.5, 0.6) is 0 Å². The summed E-state index contributed by atoms with van der Waals surface area (Å²) >= 11 is 0. The molecule has 0 fully saturated rings. The second-order valence-corrected chi connectivity index (χ2v) is 29.2. The van der Waals surface area contributed by atoms with Gasteiger partial charge in [-0.2, -0.15) is 15.3 Å². The molecule has 3 heterocycles. The number of carbonyl (C=O) groups is 3. The number of nitrogens with two attached hydrogens (primary N) is 3. The van der Waals surface area contributed by atoms with Gasteiger partial charge in [0.15, 0.2) is 0 Å². The largest absolute Gasteiger partial charge is 0.338 e. The molecule has 105 heavy (non-hydrogen) atoms. The van der Waals surface area contributed by atoms with Crippen LogP contribution in [0.1, 0.15) is 53.0 Å². The van der Waals surface area contributed by atoms with Crippen molar-refractivity contribution in [3.05, 3.63) is 289 Å². The van der Waals surface area contributed by atoms with Crippen LogP contribution >= 0.6 is 0 Å². The van der Waals surface area contributed by atoms with Crippen molar-refractivity contribution in [2.75, 3.05) is 35.6 Å². The van der Waals surface area contributed by atoms with Gasteiger partial charge >= 0.3 is 18.1 Å². The summed E-state index contributed by atoms with van der Waals surface area (Å²) in [5.74, 6) is 0. The second kappa shape index (κ2) is 35.4. The Morgan fingerprint density at radius 2 is 0.638 bits per heavy atom. The molecule has 12 aromatic rings. The van der Waals surface area contributed by atoms with Crippen LogP contribution in [-0.4, -0.2) is 92.3 Å². The molecule has 0 bridgehead atoms. The van der Waals surface area contributed by atoms with E-state index in [0.717, 1.165) is 102 Å². The van der Waals surface area contributed by atoms with Crippen molar-refractivity contribution in [1.29, 1.82) is 0 Å². The number of anilines is 3. The number of rotatable bonds is 24. The summed E-state index contributed by atoms with van der Waals surface area (Å²) in [5.41, 5.74) is 15.8. The fourth-order valence-electron chi connectivity index (χ4n) is 11.2. The number of aryl methyl sites for hydroxylation is 6. The van der Waals surface area contributed by atoms with E-state index in [1.54, 1.807) is 50.4 Å². The van der Waals surface area contributed by atoms with Crippen LogP contribution in [-0.2, 0) is 49.3 Å². The lowest BCUT2D eigenvalue weighted by molar-refractivity contribution is 0.251. The summed E-state index contributed by atoms with van der Waals surface area (Å²) in [6.07, 6.45) is 4.09. The van der Waals surface area contributed by atoms with Gasteiger partial charge in [0.2, 0.25) is 30.1 Å². The van der Waals surface area contributed by atoms with E-state index >= 15 is 0 Å². The van der Waals surface area contributed by atoms with E-state index < -0.39 is 30.1 Å². The van der Waals surface area contributed by atoms with E-state index in [2.05, 4.69) is 31.9 Å². The van der Waals surface area contributed by atoms with Crippen molar-refractivity contribution in [3.8, 4) is 50.8 Å². The lowest BCUT2D eigenvalue weighted by Crippen LogP contribution is -2.30. The Labute approximate surface area is 610 Å². The van der Waals surface area contributed by atoms with Crippen molar-refractivity contribution in [2.45, 2.75) is 74.0 Å². The van der Waals surface area contributed by atoms with Gasteiger partial charge in [-0.25, -0.2) is 69.1 Å². The summed E-state index contributed by atoms with van der Waals surface area (Å²) in [7, 11) is -11.3. The third-order valence-corrected chi connectivity index (χ3v) is 19.2. The van der Waals surface area contributed by atoms with E-state index in [1.165, 1.54) is 36.4 Å². The second-order valence-electron chi connectivity index (χ2n) is 24.5. The highest BCUT2D eigenvalue weighted by Crippen LogP contribution is 2.29. The average Bonchev–Trinajstić information content (AvgIpc) is 1.69. The molecule has 3 aromatic heterocycles. The first-order valence-corrected chi connectivity index (χ1v) is 38.2. The summed E-state index contributed by atoms with van der Waals surface area (Å²) in [6, 6.07) is 76.5. The molecule has 0 aliphatic rings. The third kappa shape index (κ3) is 21.8. The van der Waals surface area contributed by atoms with Crippen LogP contribution in [0.4, 0.5) is 31.4 Å². The lowest BCUT2D eigenvalue weighted by Gasteiger charge is -2.12. The Morgan fingerprint density at radius 3 is 0.962 bits per heavy atom. The van der Waals surface area contributed by atoms with Crippen molar-refractivity contribution in [2.24, 2.45) is 15.4 Å². The van der Waals surface area contributed by atoms with Crippen molar-refractivity contribution >= 4 is 65.2 Å². The highest BCUT2D eigenvalue weighted by Gasteiger charge is 2.19. The smallest absolute Gasteiger partial charge is 0.319 e. The Kier molecular flexibility index (Phi) is 25.5. The molecule has 0 saturated heterocycles. The van der Waals surface area contributed by atoms with Crippen molar-refractivity contribution in [3.63, 3.8) is 0 Å². The van der Waals surface area contributed by atoms with Gasteiger partial charge in [-0.1, -0.05) is 140 Å². The molecule has 24 nitrogen and oxygen atoms in total. The lowest BCUT2D eigenvalue weighted by atomic mass is 10.1. The molecular formula is C78H81N15O9S3.